The number of anilines is 1. The van der Waals surface area contributed by atoms with Gasteiger partial charge in [0.2, 0.25) is 0 Å². The van der Waals surface area contributed by atoms with Crippen molar-refractivity contribution in [1.29, 1.82) is 0 Å². The van der Waals surface area contributed by atoms with E-state index in [4.69, 9.17) is 0 Å². The first-order chi connectivity index (χ1) is 10.5. The van der Waals surface area contributed by atoms with E-state index < -0.39 is 11.8 Å². The second-order valence-electron chi connectivity index (χ2n) is 6.61. The Kier molecular flexibility index (Phi) is 4.05. The Balaban J connectivity index is 1.54. The fraction of sp³-hybridized carbons (Fsp3) is 0.529. The number of carbonyl (C=O) groups excluding carboxylic acids is 2. The molecule has 2 amide bonds. The summed E-state index contributed by atoms with van der Waals surface area (Å²) < 4.78 is 0. The van der Waals surface area contributed by atoms with Crippen LogP contribution >= 0.6 is 0 Å². The molecule has 0 radical (unpaired) electrons. The van der Waals surface area contributed by atoms with Gasteiger partial charge in [-0.15, -0.1) is 0 Å². The zero-order chi connectivity index (χ0) is 15.7. The van der Waals surface area contributed by atoms with Crippen LogP contribution in [0.4, 0.5) is 5.69 Å². The van der Waals surface area contributed by atoms with Crippen LogP contribution in [-0.4, -0.2) is 23.0 Å². The highest BCUT2D eigenvalue weighted by molar-refractivity contribution is 6.39. The average Bonchev–Trinajstić information content (AvgIpc) is 3.09. The van der Waals surface area contributed by atoms with Gasteiger partial charge in [-0.3, -0.25) is 9.59 Å². The van der Waals surface area contributed by atoms with Crippen molar-refractivity contribution in [2.24, 2.45) is 17.8 Å². The van der Waals surface area contributed by atoms with Gasteiger partial charge in [-0.25, -0.2) is 0 Å². The zero-order valence-electron chi connectivity index (χ0n) is 12.7. The molecule has 0 saturated heterocycles. The lowest BCUT2D eigenvalue weighted by Gasteiger charge is -2.28. The van der Waals surface area contributed by atoms with Crippen LogP contribution in [0.5, 0.6) is 5.75 Å². The van der Waals surface area contributed by atoms with Crippen molar-refractivity contribution in [2.45, 2.75) is 38.6 Å². The summed E-state index contributed by atoms with van der Waals surface area (Å²) in [5.74, 6) is 0.758. The molecule has 1 aromatic carbocycles. The molecule has 3 rings (SSSR count). The second kappa shape index (κ2) is 5.99. The molecule has 2 fully saturated rings. The summed E-state index contributed by atoms with van der Waals surface area (Å²) in [5.41, 5.74) is 0.410. The van der Waals surface area contributed by atoms with Gasteiger partial charge in [-0.05, 0) is 56.1 Å². The Hall–Kier alpha value is -2.04. The molecular weight excluding hydrogens is 280 g/mol. The first-order valence-electron chi connectivity index (χ1n) is 7.94. The van der Waals surface area contributed by atoms with Crippen molar-refractivity contribution >= 4 is 17.5 Å². The van der Waals surface area contributed by atoms with Crippen LogP contribution in [0.15, 0.2) is 24.3 Å². The van der Waals surface area contributed by atoms with Crippen LogP contribution in [0.1, 0.15) is 32.6 Å². The maximum atomic E-state index is 12.0. The third-order valence-corrected chi connectivity index (χ3v) is 5.10. The lowest BCUT2D eigenvalue weighted by molar-refractivity contribution is -0.136. The lowest BCUT2D eigenvalue weighted by atomic mass is 9.84. The molecule has 2 aliphatic rings. The first-order valence-corrected chi connectivity index (χ1v) is 7.94. The van der Waals surface area contributed by atoms with Crippen molar-refractivity contribution < 1.29 is 14.7 Å². The average molecular weight is 302 g/mol. The molecule has 1 aromatic rings. The molecule has 4 atom stereocenters. The Bertz CT molecular complexity index is 587. The Labute approximate surface area is 130 Å². The third kappa shape index (κ3) is 3.08. The van der Waals surface area contributed by atoms with Crippen molar-refractivity contribution in [3.8, 4) is 5.75 Å². The van der Waals surface area contributed by atoms with Crippen LogP contribution in [0, 0.1) is 17.8 Å². The van der Waals surface area contributed by atoms with E-state index in [1.807, 2.05) is 6.92 Å². The SMILES string of the molecule is CC(NC(=O)C(=O)Nc1cccc(O)c1)C1CC2CCC1C2. The van der Waals surface area contributed by atoms with Gasteiger partial charge in [0.05, 0.1) is 0 Å². The number of phenols is 1. The number of nitrogens with one attached hydrogen (secondary N) is 2. The van der Waals surface area contributed by atoms with Gasteiger partial charge in [0.15, 0.2) is 0 Å². The van der Waals surface area contributed by atoms with Crippen molar-refractivity contribution in [3.63, 3.8) is 0 Å². The van der Waals surface area contributed by atoms with E-state index in [1.54, 1.807) is 12.1 Å². The van der Waals surface area contributed by atoms with E-state index in [0.29, 0.717) is 17.5 Å². The summed E-state index contributed by atoms with van der Waals surface area (Å²) >= 11 is 0. The Morgan fingerprint density at radius 3 is 2.68 bits per heavy atom. The molecule has 0 heterocycles. The molecule has 2 bridgehead atoms. The summed E-state index contributed by atoms with van der Waals surface area (Å²) in [6, 6.07) is 6.18. The van der Waals surface area contributed by atoms with Gasteiger partial charge in [-0.2, -0.15) is 0 Å². The maximum absolute atomic E-state index is 12.0. The molecule has 4 unspecified atom stereocenters. The van der Waals surface area contributed by atoms with E-state index in [2.05, 4.69) is 10.6 Å². The van der Waals surface area contributed by atoms with Gasteiger partial charge in [-0.1, -0.05) is 12.5 Å². The van der Waals surface area contributed by atoms with E-state index >= 15 is 0 Å². The normalized spacial score (nSPS) is 27.4. The third-order valence-electron chi connectivity index (χ3n) is 5.10. The highest BCUT2D eigenvalue weighted by Gasteiger charge is 2.42. The topological polar surface area (TPSA) is 78.4 Å². The summed E-state index contributed by atoms with van der Waals surface area (Å²) in [5, 5.41) is 14.7. The fourth-order valence-corrected chi connectivity index (χ4v) is 4.06. The zero-order valence-corrected chi connectivity index (χ0v) is 12.7. The molecule has 0 aromatic heterocycles. The molecule has 2 saturated carbocycles. The molecule has 0 spiro atoms. The van der Waals surface area contributed by atoms with E-state index in [9.17, 15) is 14.7 Å². The Morgan fingerprint density at radius 2 is 2.05 bits per heavy atom. The predicted octanol–water partition coefficient (Wildman–Crippen LogP) is 2.27. The van der Waals surface area contributed by atoms with Gasteiger partial charge >= 0.3 is 11.8 Å². The van der Waals surface area contributed by atoms with Gasteiger partial charge in [0.25, 0.3) is 0 Å². The summed E-state index contributed by atoms with van der Waals surface area (Å²) in [7, 11) is 0. The number of rotatable bonds is 3. The molecule has 2 aliphatic carbocycles. The molecule has 3 N–H and O–H groups in total. The largest absolute Gasteiger partial charge is 0.508 e. The minimum atomic E-state index is -0.694. The van der Waals surface area contributed by atoms with Crippen LogP contribution in [0.25, 0.3) is 0 Å². The highest BCUT2D eigenvalue weighted by atomic mass is 16.3. The smallest absolute Gasteiger partial charge is 0.313 e. The predicted molar refractivity (Wildman–Crippen MR) is 83.3 cm³/mol. The number of fused-ring (bicyclic) bond motifs is 2. The first kappa shape index (κ1) is 14.9. The molecular formula is C17H22N2O3. The van der Waals surface area contributed by atoms with Crippen molar-refractivity contribution in [3.05, 3.63) is 24.3 Å². The summed E-state index contributed by atoms with van der Waals surface area (Å²) in [4.78, 5) is 23.9. The van der Waals surface area contributed by atoms with Crippen molar-refractivity contribution in [2.75, 3.05) is 5.32 Å². The van der Waals surface area contributed by atoms with Gasteiger partial charge in [0, 0.05) is 17.8 Å². The number of amides is 2. The Morgan fingerprint density at radius 1 is 1.23 bits per heavy atom. The van der Waals surface area contributed by atoms with E-state index in [1.165, 1.54) is 37.8 Å². The number of carbonyl (C=O) groups is 2. The molecule has 0 aliphatic heterocycles. The quantitative estimate of drug-likeness (QED) is 0.749. The van der Waals surface area contributed by atoms with E-state index in [0.717, 1.165) is 5.92 Å². The van der Waals surface area contributed by atoms with Crippen LogP contribution in [-0.2, 0) is 9.59 Å². The minimum Gasteiger partial charge on any atom is -0.508 e. The monoisotopic (exact) mass is 302 g/mol. The number of hydrogen-bond donors (Lipinski definition) is 3. The number of phenolic OH excluding ortho intramolecular Hbond substituents is 1. The van der Waals surface area contributed by atoms with Gasteiger partial charge in [0.1, 0.15) is 5.75 Å². The molecule has 22 heavy (non-hydrogen) atoms. The number of aromatic hydroxyl groups is 1. The minimum absolute atomic E-state index is 0.0257. The molecule has 5 heteroatoms. The summed E-state index contributed by atoms with van der Waals surface area (Å²) in [6.45, 7) is 1.99. The van der Waals surface area contributed by atoms with Crippen LogP contribution in [0.2, 0.25) is 0 Å². The summed E-state index contributed by atoms with van der Waals surface area (Å²) in [6.07, 6.45) is 5.02. The maximum Gasteiger partial charge on any atom is 0.313 e. The standard InChI is InChI=1S/C17H22N2O3/c1-10(15-8-11-5-6-12(15)7-11)18-16(21)17(22)19-13-3-2-4-14(20)9-13/h2-4,9-12,15,20H,5-8H2,1H3,(H,18,21)(H,19,22). The van der Waals surface area contributed by atoms with E-state index in [-0.39, 0.29) is 11.8 Å². The highest BCUT2D eigenvalue weighted by Crippen LogP contribution is 2.49. The lowest BCUT2D eigenvalue weighted by Crippen LogP contribution is -2.45. The van der Waals surface area contributed by atoms with Crippen molar-refractivity contribution in [1.82, 2.24) is 5.32 Å². The van der Waals surface area contributed by atoms with Crippen LogP contribution < -0.4 is 10.6 Å². The number of hydrogen-bond acceptors (Lipinski definition) is 3. The second-order valence-corrected chi connectivity index (χ2v) is 6.61. The fourth-order valence-electron chi connectivity index (χ4n) is 4.06. The number of benzene rings is 1. The van der Waals surface area contributed by atoms with Gasteiger partial charge < -0.3 is 15.7 Å². The molecule has 118 valence electrons. The molecule has 5 nitrogen and oxygen atoms in total. The van der Waals surface area contributed by atoms with Crippen LogP contribution in [0.3, 0.4) is 0 Å².